The molecular weight excluding hydrogens is 282 g/mol. The molecule has 102 valence electrons. The number of fused-ring (bicyclic) bond motifs is 1. The molecule has 1 heterocycles. The van der Waals surface area contributed by atoms with E-state index in [9.17, 15) is 10.1 Å². The Bertz CT molecular complexity index is 571. The molecule has 0 aliphatic heterocycles. The minimum Gasteiger partial charge on any atom is -0.258 e. The Morgan fingerprint density at radius 3 is 2.89 bits per heavy atom. The number of thioether (sulfide) groups is 1. The molecule has 0 saturated carbocycles. The zero-order valence-corrected chi connectivity index (χ0v) is 12.3. The van der Waals surface area contributed by atoms with Crippen LogP contribution in [-0.2, 0) is 0 Å². The van der Waals surface area contributed by atoms with Crippen molar-refractivity contribution in [2.45, 2.75) is 37.5 Å². The van der Waals surface area contributed by atoms with E-state index in [1.54, 1.807) is 12.1 Å². The van der Waals surface area contributed by atoms with Crippen molar-refractivity contribution >= 4 is 40.2 Å². The highest BCUT2D eigenvalue weighted by Gasteiger charge is 2.21. The smallest absolute Gasteiger partial charge is 0.258 e. The highest BCUT2D eigenvalue weighted by molar-refractivity contribution is 7.99. The van der Waals surface area contributed by atoms with Crippen molar-refractivity contribution in [3.05, 3.63) is 22.2 Å². The first-order valence-corrected chi connectivity index (χ1v) is 7.98. The molecule has 19 heavy (non-hydrogen) atoms. The fourth-order valence-corrected chi connectivity index (χ4v) is 3.40. The maximum Gasteiger partial charge on any atom is 0.311 e. The number of aromatic nitrogens is 2. The highest BCUT2D eigenvalue weighted by Crippen LogP contribution is 2.35. The van der Waals surface area contributed by atoms with Gasteiger partial charge in [0.15, 0.2) is 5.52 Å². The van der Waals surface area contributed by atoms with Crippen LogP contribution in [0.25, 0.3) is 11.0 Å². The third-order valence-corrected chi connectivity index (χ3v) is 4.48. The van der Waals surface area contributed by atoms with Crippen LogP contribution in [0.1, 0.15) is 32.6 Å². The summed E-state index contributed by atoms with van der Waals surface area (Å²) in [5.41, 5.74) is 1.12. The molecule has 0 saturated heterocycles. The summed E-state index contributed by atoms with van der Waals surface area (Å²) < 4.78 is 8.07. The van der Waals surface area contributed by atoms with Gasteiger partial charge < -0.3 is 0 Å². The van der Waals surface area contributed by atoms with E-state index >= 15 is 0 Å². The van der Waals surface area contributed by atoms with Gasteiger partial charge in [-0.15, -0.1) is 11.8 Å². The van der Waals surface area contributed by atoms with Gasteiger partial charge in [0.2, 0.25) is 0 Å². The molecule has 0 aliphatic carbocycles. The predicted octanol–water partition coefficient (Wildman–Crippen LogP) is 4.27. The van der Waals surface area contributed by atoms with E-state index in [2.05, 4.69) is 15.7 Å². The maximum absolute atomic E-state index is 11.2. The van der Waals surface area contributed by atoms with Crippen molar-refractivity contribution < 1.29 is 4.92 Å². The monoisotopic (exact) mass is 297 g/mol. The largest absolute Gasteiger partial charge is 0.311 e. The van der Waals surface area contributed by atoms with Gasteiger partial charge in [-0.2, -0.15) is 8.75 Å². The molecule has 0 amide bonds. The number of hydrogen-bond acceptors (Lipinski definition) is 6. The molecule has 1 aromatic heterocycles. The van der Waals surface area contributed by atoms with Crippen LogP contribution in [0.4, 0.5) is 5.69 Å². The van der Waals surface area contributed by atoms with E-state index < -0.39 is 0 Å². The van der Waals surface area contributed by atoms with Crippen LogP contribution >= 0.6 is 23.5 Å². The Labute approximate surface area is 119 Å². The van der Waals surface area contributed by atoms with Gasteiger partial charge in [-0.25, -0.2) is 0 Å². The quantitative estimate of drug-likeness (QED) is 0.330. The summed E-state index contributed by atoms with van der Waals surface area (Å²) >= 11 is 2.55. The summed E-state index contributed by atoms with van der Waals surface area (Å²) in [6.07, 6.45) is 4.68. The molecule has 0 spiro atoms. The zero-order valence-electron chi connectivity index (χ0n) is 10.7. The number of rotatable bonds is 7. The van der Waals surface area contributed by atoms with Gasteiger partial charge in [-0.05, 0) is 24.3 Å². The number of benzene rings is 1. The Morgan fingerprint density at radius 2 is 2.16 bits per heavy atom. The summed E-state index contributed by atoms with van der Waals surface area (Å²) in [4.78, 5) is 11.5. The first-order chi connectivity index (χ1) is 9.24. The first-order valence-electron chi connectivity index (χ1n) is 6.26. The van der Waals surface area contributed by atoms with Crippen molar-refractivity contribution in [3.8, 4) is 0 Å². The number of hydrogen-bond donors (Lipinski definition) is 0. The maximum atomic E-state index is 11.2. The Balaban J connectivity index is 2.13. The molecule has 0 bridgehead atoms. The molecule has 0 aliphatic rings. The van der Waals surface area contributed by atoms with E-state index in [1.165, 1.54) is 31.0 Å². The summed E-state index contributed by atoms with van der Waals surface area (Å²) in [7, 11) is 0. The Hall–Kier alpha value is -1.21. The average molecular weight is 297 g/mol. The first kappa shape index (κ1) is 14.2. The molecule has 0 N–H and O–H groups in total. The second-order valence-electron chi connectivity index (χ2n) is 4.21. The molecule has 0 radical (unpaired) electrons. The van der Waals surface area contributed by atoms with Crippen molar-refractivity contribution in [3.63, 3.8) is 0 Å². The zero-order chi connectivity index (χ0) is 13.7. The van der Waals surface area contributed by atoms with Gasteiger partial charge in [0.05, 0.1) is 21.5 Å². The van der Waals surface area contributed by atoms with Crippen LogP contribution in [0, 0.1) is 10.1 Å². The lowest BCUT2D eigenvalue weighted by Gasteiger charge is -2.03. The second kappa shape index (κ2) is 6.81. The standard InChI is InChI=1S/C12H15N3O2S2/c1-2-3-4-5-8-18-10-7-6-9-11(14-19-13-9)12(10)15(16)17/h6-7H,2-5,8H2,1H3. The minimum atomic E-state index is -0.349. The molecule has 1 aromatic carbocycles. The van der Waals surface area contributed by atoms with Gasteiger partial charge in [0.25, 0.3) is 0 Å². The van der Waals surface area contributed by atoms with Gasteiger partial charge in [0, 0.05) is 0 Å². The molecule has 0 unspecified atom stereocenters. The SMILES string of the molecule is CCCCCCSc1ccc2nsnc2c1[N+](=O)[O-]. The minimum absolute atomic E-state index is 0.103. The fraction of sp³-hybridized carbons (Fsp3) is 0.500. The normalized spacial score (nSPS) is 11.0. The summed E-state index contributed by atoms with van der Waals surface area (Å²) in [6, 6.07) is 3.59. The molecule has 0 fully saturated rings. The van der Waals surface area contributed by atoms with E-state index in [0.29, 0.717) is 15.9 Å². The third kappa shape index (κ3) is 3.42. The Kier molecular flexibility index (Phi) is 5.09. The third-order valence-electron chi connectivity index (χ3n) is 2.80. The Morgan fingerprint density at radius 1 is 1.32 bits per heavy atom. The van der Waals surface area contributed by atoms with Gasteiger partial charge in [-0.3, -0.25) is 10.1 Å². The van der Waals surface area contributed by atoms with Crippen LogP contribution in [-0.4, -0.2) is 19.4 Å². The van der Waals surface area contributed by atoms with Crippen LogP contribution in [0.3, 0.4) is 0 Å². The van der Waals surface area contributed by atoms with Gasteiger partial charge in [0.1, 0.15) is 5.52 Å². The topological polar surface area (TPSA) is 68.9 Å². The molecule has 2 rings (SSSR count). The lowest BCUT2D eigenvalue weighted by molar-refractivity contribution is -0.386. The second-order valence-corrected chi connectivity index (χ2v) is 5.88. The molecular formula is C12H15N3O2S2. The average Bonchev–Trinajstić information content (AvgIpc) is 2.85. The number of nitro benzene ring substituents is 1. The van der Waals surface area contributed by atoms with Gasteiger partial charge >= 0.3 is 5.69 Å². The van der Waals surface area contributed by atoms with Crippen LogP contribution in [0.5, 0.6) is 0 Å². The van der Waals surface area contributed by atoms with E-state index in [1.807, 2.05) is 0 Å². The lowest BCUT2D eigenvalue weighted by Crippen LogP contribution is -1.93. The lowest BCUT2D eigenvalue weighted by atomic mass is 10.2. The molecule has 7 heteroatoms. The van der Waals surface area contributed by atoms with Crippen molar-refractivity contribution in [2.75, 3.05) is 5.75 Å². The van der Waals surface area contributed by atoms with E-state index in [0.717, 1.165) is 23.9 Å². The molecule has 2 aromatic rings. The van der Waals surface area contributed by atoms with Crippen LogP contribution in [0.15, 0.2) is 17.0 Å². The summed E-state index contributed by atoms with van der Waals surface area (Å²) in [5.74, 6) is 0.907. The van der Waals surface area contributed by atoms with Crippen molar-refractivity contribution in [2.24, 2.45) is 0 Å². The number of nitrogens with zero attached hydrogens (tertiary/aromatic N) is 3. The van der Waals surface area contributed by atoms with E-state index in [-0.39, 0.29) is 10.6 Å². The molecule has 5 nitrogen and oxygen atoms in total. The predicted molar refractivity (Wildman–Crippen MR) is 78.9 cm³/mol. The highest BCUT2D eigenvalue weighted by atomic mass is 32.2. The molecule has 0 atom stereocenters. The van der Waals surface area contributed by atoms with E-state index in [4.69, 9.17) is 0 Å². The summed E-state index contributed by atoms with van der Waals surface area (Å²) in [6.45, 7) is 2.17. The number of unbranched alkanes of at least 4 members (excludes halogenated alkanes) is 3. The summed E-state index contributed by atoms with van der Waals surface area (Å²) in [5, 5.41) is 11.2. The van der Waals surface area contributed by atoms with Crippen molar-refractivity contribution in [1.29, 1.82) is 0 Å². The van der Waals surface area contributed by atoms with Crippen molar-refractivity contribution in [1.82, 2.24) is 8.75 Å². The van der Waals surface area contributed by atoms with Crippen LogP contribution in [0.2, 0.25) is 0 Å². The van der Waals surface area contributed by atoms with Gasteiger partial charge in [-0.1, -0.05) is 26.2 Å². The number of nitro groups is 1. The fourth-order valence-electron chi connectivity index (χ4n) is 1.82. The van der Waals surface area contributed by atoms with Crippen LogP contribution < -0.4 is 0 Å².